The van der Waals surface area contributed by atoms with E-state index in [0.717, 1.165) is 4.90 Å². The van der Waals surface area contributed by atoms with Crippen LogP contribution in [0.1, 0.15) is 24.2 Å². The van der Waals surface area contributed by atoms with Crippen LogP contribution in [0.2, 0.25) is 0 Å². The van der Waals surface area contributed by atoms with E-state index in [1.807, 2.05) is 0 Å². The molecule has 0 saturated carbocycles. The lowest BCUT2D eigenvalue weighted by Gasteiger charge is -2.50. The second kappa shape index (κ2) is 4.94. The van der Waals surface area contributed by atoms with Crippen LogP contribution < -0.4 is 5.73 Å². The third-order valence-corrected chi connectivity index (χ3v) is 3.83. The van der Waals surface area contributed by atoms with Gasteiger partial charge in [-0.25, -0.2) is 22.0 Å². The minimum atomic E-state index is -2.29. The van der Waals surface area contributed by atoms with Gasteiger partial charge in [-0.3, -0.25) is 4.79 Å². The minimum Gasteiger partial charge on any atom is -0.335 e. The Bertz CT molecular complexity index is 582. The van der Waals surface area contributed by atoms with E-state index in [-0.39, 0.29) is 19.0 Å². The Morgan fingerprint density at radius 1 is 1.00 bits per heavy atom. The quantitative estimate of drug-likeness (QED) is 0.517. The standard InChI is InChI=1S/C13H13F5N2O/c1-5(2)13(19)3-20(4-13)12(21)6-7(14)9(16)11(18)10(17)8(6)15/h5H,3-4,19H2,1-2H3. The normalized spacial score (nSPS) is 17.1. The maximum Gasteiger partial charge on any atom is 0.260 e. The molecule has 1 aliphatic rings. The van der Waals surface area contributed by atoms with E-state index < -0.39 is 46.1 Å². The molecule has 0 bridgehead atoms. The van der Waals surface area contributed by atoms with E-state index in [1.165, 1.54) is 0 Å². The highest BCUT2D eigenvalue weighted by atomic mass is 19.2. The summed E-state index contributed by atoms with van der Waals surface area (Å²) in [4.78, 5) is 12.9. The topological polar surface area (TPSA) is 46.3 Å². The SMILES string of the molecule is CC(C)C1(N)CN(C(=O)c2c(F)c(F)c(F)c(F)c2F)C1. The maximum atomic E-state index is 13.5. The first kappa shape index (κ1) is 15.7. The Kier molecular flexibility index (Phi) is 3.69. The van der Waals surface area contributed by atoms with Gasteiger partial charge in [0.2, 0.25) is 5.82 Å². The molecule has 8 heteroatoms. The van der Waals surface area contributed by atoms with Gasteiger partial charge in [0.15, 0.2) is 23.3 Å². The number of likely N-dealkylation sites (tertiary alicyclic amines) is 1. The van der Waals surface area contributed by atoms with E-state index in [1.54, 1.807) is 13.8 Å². The molecule has 3 nitrogen and oxygen atoms in total. The molecule has 1 amide bonds. The summed E-state index contributed by atoms with van der Waals surface area (Å²) < 4.78 is 66.1. The molecule has 0 aliphatic carbocycles. The van der Waals surface area contributed by atoms with Crippen LogP contribution in [0.5, 0.6) is 0 Å². The Hall–Kier alpha value is -1.70. The van der Waals surface area contributed by atoms with Crippen LogP contribution in [-0.4, -0.2) is 29.4 Å². The number of rotatable bonds is 2. The monoisotopic (exact) mass is 308 g/mol. The van der Waals surface area contributed by atoms with Crippen LogP contribution in [0.15, 0.2) is 0 Å². The van der Waals surface area contributed by atoms with Gasteiger partial charge in [0.1, 0.15) is 5.56 Å². The number of hydrogen-bond donors (Lipinski definition) is 1. The van der Waals surface area contributed by atoms with E-state index in [2.05, 4.69) is 0 Å². The van der Waals surface area contributed by atoms with Gasteiger partial charge in [-0.1, -0.05) is 13.8 Å². The average Bonchev–Trinajstić information content (AvgIpc) is 2.39. The summed E-state index contributed by atoms with van der Waals surface area (Å²) in [6.07, 6.45) is 0. The molecule has 0 radical (unpaired) electrons. The Balaban J connectivity index is 2.35. The zero-order valence-corrected chi connectivity index (χ0v) is 11.3. The molecule has 1 fully saturated rings. The Labute approximate surface area is 117 Å². The highest BCUT2D eigenvalue weighted by molar-refractivity contribution is 5.95. The second-order valence-electron chi connectivity index (χ2n) is 5.49. The van der Waals surface area contributed by atoms with Crippen molar-refractivity contribution in [3.63, 3.8) is 0 Å². The molecule has 21 heavy (non-hydrogen) atoms. The average molecular weight is 308 g/mol. The summed E-state index contributed by atoms with van der Waals surface area (Å²) >= 11 is 0. The fraction of sp³-hybridized carbons (Fsp3) is 0.462. The lowest BCUT2D eigenvalue weighted by atomic mass is 9.80. The molecule has 0 unspecified atom stereocenters. The molecule has 0 aromatic heterocycles. The predicted molar refractivity (Wildman–Crippen MR) is 63.9 cm³/mol. The van der Waals surface area contributed by atoms with Crippen LogP contribution in [0.4, 0.5) is 22.0 Å². The van der Waals surface area contributed by atoms with Crippen LogP contribution in [0.25, 0.3) is 0 Å². The molecule has 1 aromatic carbocycles. The van der Waals surface area contributed by atoms with Crippen molar-refractivity contribution in [2.24, 2.45) is 11.7 Å². The van der Waals surface area contributed by atoms with Gasteiger partial charge < -0.3 is 10.6 Å². The molecule has 0 spiro atoms. The summed E-state index contributed by atoms with van der Waals surface area (Å²) in [5, 5.41) is 0. The fourth-order valence-electron chi connectivity index (χ4n) is 2.12. The molecule has 1 heterocycles. The number of carbonyl (C=O) groups is 1. The van der Waals surface area contributed by atoms with E-state index >= 15 is 0 Å². The third kappa shape index (κ3) is 2.27. The number of hydrogen-bond acceptors (Lipinski definition) is 2. The fourth-order valence-corrected chi connectivity index (χ4v) is 2.12. The van der Waals surface area contributed by atoms with E-state index in [9.17, 15) is 26.7 Å². The van der Waals surface area contributed by atoms with Crippen molar-refractivity contribution >= 4 is 5.91 Å². The summed E-state index contributed by atoms with van der Waals surface area (Å²) in [5.74, 6) is -12.1. The van der Waals surface area contributed by atoms with Crippen molar-refractivity contribution in [2.45, 2.75) is 19.4 Å². The summed E-state index contributed by atoms with van der Waals surface area (Å²) in [5.41, 5.74) is 3.75. The second-order valence-corrected chi connectivity index (χ2v) is 5.49. The Morgan fingerprint density at radius 3 is 1.76 bits per heavy atom. The van der Waals surface area contributed by atoms with Crippen molar-refractivity contribution in [3.8, 4) is 0 Å². The number of nitrogens with two attached hydrogens (primary N) is 1. The van der Waals surface area contributed by atoms with Crippen molar-refractivity contribution < 1.29 is 26.7 Å². The molecule has 1 aromatic rings. The zero-order chi connectivity index (χ0) is 16.1. The molecular formula is C13H13F5N2O. The van der Waals surface area contributed by atoms with Gasteiger partial charge in [-0.05, 0) is 5.92 Å². The van der Waals surface area contributed by atoms with Gasteiger partial charge in [0.05, 0.1) is 5.54 Å². The van der Waals surface area contributed by atoms with Gasteiger partial charge >= 0.3 is 0 Å². The smallest absolute Gasteiger partial charge is 0.260 e. The first-order chi connectivity index (χ1) is 9.60. The van der Waals surface area contributed by atoms with Crippen molar-refractivity contribution in [2.75, 3.05) is 13.1 Å². The maximum absolute atomic E-state index is 13.5. The number of amides is 1. The van der Waals surface area contributed by atoms with Crippen LogP contribution >= 0.6 is 0 Å². The van der Waals surface area contributed by atoms with Gasteiger partial charge in [-0.2, -0.15) is 0 Å². The predicted octanol–water partition coefficient (Wildman–Crippen LogP) is 2.19. The lowest BCUT2D eigenvalue weighted by molar-refractivity contribution is 0.0264. The lowest BCUT2D eigenvalue weighted by Crippen LogP contribution is -2.71. The summed E-state index contributed by atoms with van der Waals surface area (Å²) in [6, 6.07) is 0. The number of carbonyl (C=O) groups excluding carboxylic acids is 1. The van der Waals surface area contributed by atoms with E-state index in [0.29, 0.717) is 0 Å². The summed E-state index contributed by atoms with van der Waals surface area (Å²) in [6.45, 7) is 3.59. The minimum absolute atomic E-state index is 0.00191. The highest BCUT2D eigenvalue weighted by Gasteiger charge is 2.46. The van der Waals surface area contributed by atoms with Crippen molar-refractivity contribution in [1.29, 1.82) is 0 Å². The van der Waals surface area contributed by atoms with Crippen LogP contribution in [0.3, 0.4) is 0 Å². The molecule has 1 saturated heterocycles. The first-order valence-electron chi connectivity index (χ1n) is 6.19. The highest BCUT2D eigenvalue weighted by Crippen LogP contribution is 2.30. The first-order valence-corrected chi connectivity index (χ1v) is 6.19. The zero-order valence-electron chi connectivity index (χ0n) is 11.3. The molecule has 1 aliphatic heterocycles. The van der Waals surface area contributed by atoms with Gasteiger partial charge in [0, 0.05) is 13.1 Å². The van der Waals surface area contributed by atoms with Crippen molar-refractivity contribution in [1.82, 2.24) is 4.90 Å². The van der Waals surface area contributed by atoms with Crippen molar-refractivity contribution in [3.05, 3.63) is 34.6 Å². The van der Waals surface area contributed by atoms with Gasteiger partial charge in [0.25, 0.3) is 5.91 Å². The number of benzene rings is 1. The summed E-state index contributed by atoms with van der Waals surface area (Å²) in [7, 11) is 0. The molecule has 2 N–H and O–H groups in total. The van der Waals surface area contributed by atoms with Crippen LogP contribution in [-0.2, 0) is 0 Å². The molecular weight excluding hydrogens is 295 g/mol. The molecule has 116 valence electrons. The van der Waals surface area contributed by atoms with Gasteiger partial charge in [-0.15, -0.1) is 0 Å². The van der Waals surface area contributed by atoms with E-state index in [4.69, 9.17) is 5.73 Å². The van der Waals surface area contributed by atoms with Crippen LogP contribution in [0, 0.1) is 35.0 Å². The molecule has 2 rings (SSSR count). The Morgan fingerprint density at radius 2 is 1.38 bits per heavy atom. The number of halogens is 5. The third-order valence-electron chi connectivity index (χ3n) is 3.83. The number of nitrogens with zero attached hydrogens (tertiary/aromatic N) is 1. The largest absolute Gasteiger partial charge is 0.335 e. The molecule has 0 atom stereocenters.